The van der Waals surface area contributed by atoms with E-state index in [-0.39, 0.29) is 29.1 Å². The van der Waals surface area contributed by atoms with E-state index in [9.17, 15) is 9.90 Å². The van der Waals surface area contributed by atoms with Crippen LogP contribution in [-0.4, -0.2) is 64.2 Å². The molecule has 0 spiro atoms. The van der Waals surface area contributed by atoms with Gasteiger partial charge in [0.05, 0.1) is 11.7 Å². The molecule has 1 amide bonds. The summed E-state index contributed by atoms with van der Waals surface area (Å²) < 4.78 is 7.23. The highest BCUT2D eigenvalue weighted by molar-refractivity contribution is 5.94. The zero-order chi connectivity index (χ0) is 23.2. The van der Waals surface area contributed by atoms with Crippen molar-refractivity contribution >= 4 is 5.91 Å². The Balaban J connectivity index is 1.35. The summed E-state index contributed by atoms with van der Waals surface area (Å²) in [6, 6.07) is 16.3. The number of aromatic hydroxyl groups is 1. The number of nitrogens with zero attached hydrogens (tertiary/aromatic N) is 2. The number of fused-ring (bicyclic) bond motifs is 1. The van der Waals surface area contributed by atoms with E-state index in [4.69, 9.17) is 4.74 Å². The van der Waals surface area contributed by atoms with E-state index in [1.807, 2.05) is 42.5 Å². The maximum atomic E-state index is 13.6. The molecule has 4 fully saturated rings. The van der Waals surface area contributed by atoms with E-state index in [1.165, 1.54) is 11.1 Å². The maximum Gasteiger partial charge on any atom is 0.254 e. The summed E-state index contributed by atoms with van der Waals surface area (Å²) in [5.74, 6) is 1.38. The number of carbonyl (C=O) groups is 1. The summed E-state index contributed by atoms with van der Waals surface area (Å²) >= 11 is 0. The molecule has 4 bridgehead atoms. The third kappa shape index (κ3) is 2.50. The lowest BCUT2D eigenvalue weighted by molar-refractivity contribution is -0.171. The lowest BCUT2D eigenvalue weighted by Gasteiger charge is -2.65. The van der Waals surface area contributed by atoms with Gasteiger partial charge < -0.3 is 14.7 Å². The minimum atomic E-state index is -0.214. The van der Waals surface area contributed by atoms with E-state index in [0.717, 1.165) is 44.3 Å². The van der Waals surface area contributed by atoms with Crippen molar-refractivity contribution in [2.45, 2.75) is 68.7 Å². The van der Waals surface area contributed by atoms with Gasteiger partial charge in [0, 0.05) is 42.1 Å². The minimum absolute atomic E-state index is 0.0648. The Kier molecular flexibility index (Phi) is 4.36. The van der Waals surface area contributed by atoms with Crippen LogP contribution < -0.4 is 0 Å². The molecular formula is C29H34N2O3. The molecule has 178 valence electrons. The van der Waals surface area contributed by atoms with Gasteiger partial charge in [-0.2, -0.15) is 0 Å². The van der Waals surface area contributed by atoms with Gasteiger partial charge >= 0.3 is 0 Å². The third-order valence-electron chi connectivity index (χ3n) is 9.73. The Morgan fingerprint density at radius 1 is 1.18 bits per heavy atom. The number of hydrogen-bond acceptors (Lipinski definition) is 4. The van der Waals surface area contributed by atoms with E-state index < -0.39 is 0 Å². The Morgan fingerprint density at radius 3 is 2.79 bits per heavy atom. The van der Waals surface area contributed by atoms with Crippen LogP contribution in [0.2, 0.25) is 0 Å². The highest BCUT2D eigenvalue weighted by Crippen LogP contribution is 2.69. The molecule has 0 radical (unpaired) electrons. The van der Waals surface area contributed by atoms with E-state index in [0.29, 0.717) is 30.2 Å². The largest absolute Gasteiger partial charge is 0.508 e. The van der Waals surface area contributed by atoms with Gasteiger partial charge in [-0.05, 0) is 73.5 Å². The molecule has 5 aliphatic rings. The Labute approximate surface area is 201 Å². The number of likely N-dealkylation sites (tertiary alicyclic amines) is 2. The predicted molar refractivity (Wildman–Crippen MR) is 130 cm³/mol. The fourth-order valence-electron chi connectivity index (χ4n) is 8.84. The number of amides is 1. The number of phenolic OH excluding ortho intramolecular Hbond substituents is 1. The number of piperidine rings is 1. The summed E-state index contributed by atoms with van der Waals surface area (Å²) in [4.78, 5) is 18.4. The third-order valence-corrected chi connectivity index (χ3v) is 9.73. The molecule has 5 unspecified atom stereocenters. The summed E-state index contributed by atoms with van der Waals surface area (Å²) in [7, 11) is 0. The van der Waals surface area contributed by atoms with Gasteiger partial charge in [-0.25, -0.2) is 0 Å². The van der Waals surface area contributed by atoms with E-state index in [2.05, 4.69) is 29.7 Å². The SMILES string of the molecule is CC(C)CN1CCC23c4cc(O)ccc4CC1C21CCC2C3[C@@H](CN2C(=O)c2ccccc2)O1. The first-order valence-electron chi connectivity index (χ1n) is 13.0. The second kappa shape index (κ2) is 7.08. The van der Waals surface area contributed by atoms with Crippen molar-refractivity contribution in [2.75, 3.05) is 19.6 Å². The maximum absolute atomic E-state index is 13.6. The molecule has 3 saturated heterocycles. The molecule has 0 aromatic heterocycles. The van der Waals surface area contributed by atoms with Gasteiger partial charge in [-0.1, -0.05) is 38.1 Å². The first-order valence-corrected chi connectivity index (χ1v) is 13.0. The van der Waals surface area contributed by atoms with Crippen molar-refractivity contribution in [1.29, 1.82) is 0 Å². The number of carbonyl (C=O) groups excluding carboxylic acids is 1. The normalized spacial score (nSPS) is 37.6. The van der Waals surface area contributed by atoms with E-state index >= 15 is 0 Å². The molecule has 3 aliphatic heterocycles. The number of benzene rings is 2. The zero-order valence-electron chi connectivity index (χ0n) is 20.1. The summed E-state index contributed by atoms with van der Waals surface area (Å²) in [6.07, 6.45) is 4.08. The Morgan fingerprint density at radius 2 is 2.00 bits per heavy atom. The van der Waals surface area contributed by atoms with Crippen LogP contribution in [0, 0.1) is 11.8 Å². The average Bonchev–Trinajstić information content (AvgIpc) is 3.27. The van der Waals surface area contributed by atoms with Gasteiger partial charge in [0.2, 0.25) is 0 Å². The van der Waals surface area contributed by atoms with Crippen molar-refractivity contribution in [3.8, 4) is 5.75 Å². The van der Waals surface area contributed by atoms with Crippen LogP contribution in [-0.2, 0) is 16.6 Å². The van der Waals surface area contributed by atoms with Gasteiger partial charge in [0.1, 0.15) is 5.75 Å². The highest BCUT2D eigenvalue weighted by atomic mass is 16.5. The second-order valence-electron chi connectivity index (χ2n) is 11.7. The van der Waals surface area contributed by atoms with Crippen LogP contribution in [0.1, 0.15) is 54.6 Å². The lowest BCUT2D eigenvalue weighted by atomic mass is 9.46. The molecule has 2 aromatic rings. The number of phenols is 1. The van der Waals surface area contributed by atoms with Gasteiger partial charge in [0.25, 0.3) is 5.91 Å². The molecule has 1 saturated carbocycles. The number of ether oxygens (including phenoxy) is 1. The van der Waals surface area contributed by atoms with Crippen LogP contribution in [0.3, 0.4) is 0 Å². The molecule has 2 aromatic carbocycles. The molecule has 34 heavy (non-hydrogen) atoms. The van der Waals surface area contributed by atoms with Gasteiger partial charge in [0.15, 0.2) is 0 Å². The van der Waals surface area contributed by atoms with Gasteiger partial charge in [-0.3, -0.25) is 9.69 Å². The van der Waals surface area contributed by atoms with Crippen LogP contribution in [0.4, 0.5) is 0 Å². The number of rotatable bonds is 3. The zero-order valence-corrected chi connectivity index (χ0v) is 20.1. The molecular weight excluding hydrogens is 424 g/mol. The quantitative estimate of drug-likeness (QED) is 0.756. The monoisotopic (exact) mass is 458 g/mol. The second-order valence-corrected chi connectivity index (χ2v) is 11.7. The van der Waals surface area contributed by atoms with Crippen LogP contribution in [0.25, 0.3) is 0 Å². The van der Waals surface area contributed by atoms with E-state index in [1.54, 1.807) is 0 Å². The molecule has 2 aliphatic carbocycles. The highest BCUT2D eigenvalue weighted by Gasteiger charge is 2.78. The first-order chi connectivity index (χ1) is 16.4. The summed E-state index contributed by atoms with van der Waals surface area (Å²) in [5, 5.41) is 10.6. The summed E-state index contributed by atoms with van der Waals surface area (Å²) in [5.41, 5.74) is 3.10. The Bertz CT molecular complexity index is 1150. The fraction of sp³-hybridized carbons (Fsp3) is 0.552. The smallest absolute Gasteiger partial charge is 0.254 e. The van der Waals surface area contributed by atoms with Crippen molar-refractivity contribution in [3.05, 3.63) is 65.2 Å². The molecule has 7 rings (SSSR count). The van der Waals surface area contributed by atoms with Crippen molar-refractivity contribution in [2.24, 2.45) is 11.8 Å². The minimum Gasteiger partial charge on any atom is -0.508 e. The Hall–Kier alpha value is -2.37. The van der Waals surface area contributed by atoms with Gasteiger partial charge in [-0.15, -0.1) is 0 Å². The number of hydrogen-bond donors (Lipinski definition) is 1. The molecule has 1 N–H and O–H groups in total. The van der Waals surface area contributed by atoms with Crippen molar-refractivity contribution in [1.82, 2.24) is 9.80 Å². The molecule has 3 heterocycles. The van der Waals surface area contributed by atoms with Crippen molar-refractivity contribution < 1.29 is 14.6 Å². The lowest BCUT2D eigenvalue weighted by Crippen LogP contribution is -2.74. The summed E-state index contributed by atoms with van der Waals surface area (Å²) in [6.45, 7) is 7.45. The van der Waals surface area contributed by atoms with Crippen LogP contribution in [0.5, 0.6) is 5.75 Å². The first kappa shape index (κ1) is 21.0. The van der Waals surface area contributed by atoms with Crippen molar-refractivity contribution in [3.63, 3.8) is 0 Å². The topological polar surface area (TPSA) is 53.0 Å². The average molecular weight is 459 g/mol. The predicted octanol–water partition coefficient (Wildman–Crippen LogP) is 3.99. The fourth-order valence-corrected chi connectivity index (χ4v) is 8.84. The standard InChI is InChI=1S/C29H34N2O3/c1-18(2)16-30-13-12-28-22-15-21(32)9-8-20(22)14-25(30)29(28)11-10-23-26(28)24(34-29)17-31(23)27(33)19-6-4-3-5-7-19/h3-9,15,18,23-26,32H,10-14,16-17H2,1-2H3/t23?,24-,25?,26?,28?,29?/m1/s1. The van der Waals surface area contributed by atoms with Crippen LogP contribution in [0.15, 0.2) is 48.5 Å². The molecule has 6 atom stereocenters. The molecule has 5 heteroatoms. The van der Waals surface area contributed by atoms with Crippen LogP contribution >= 0.6 is 0 Å². The molecule has 5 nitrogen and oxygen atoms in total.